The van der Waals surface area contributed by atoms with Gasteiger partial charge in [-0.1, -0.05) is 0 Å². The second-order valence-electron chi connectivity index (χ2n) is 6.43. The number of halogens is 2. The zero-order chi connectivity index (χ0) is 18.4. The molecule has 0 aliphatic carbocycles. The molecule has 3 heterocycles. The number of nitrogen functional groups attached to an aromatic ring is 1. The van der Waals surface area contributed by atoms with Gasteiger partial charge in [-0.3, -0.25) is 9.89 Å². The highest BCUT2D eigenvalue weighted by Gasteiger charge is 2.29. The number of rotatable bonds is 3. The number of likely N-dealkylation sites (N-methyl/N-ethyl adjacent to an activating group) is 1. The fourth-order valence-corrected chi connectivity index (χ4v) is 3.14. The van der Waals surface area contributed by atoms with Crippen molar-refractivity contribution in [1.82, 2.24) is 20.1 Å². The third-order valence-corrected chi connectivity index (χ3v) is 4.50. The molecule has 0 atom stereocenters. The van der Waals surface area contributed by atoms with E-state index >= 15 is 0 Å². The maximum atomic E-state index is 14.0. The zero-order valence-corrected chi connectivity index (χ0v) is 13.9. The number of likely N-dealkylation sites (tertiary alicyclic amines) is 1. The van der Waals surface area contributed by atoms with Crippen molar-refractivity contribution in [3.05, 3.63) is 47.3 Å². The third kappa shape index (κ3) is 2.66. The van der Waals surface area contributed by atoms with Crippen LogP contribution in [0.2, 0.25) is 0 Å². The highest BCUT2D eigenvalue weighted by Crippen LogP contribution is 2.30. The Balaban J connectivity index is 1.64. The lowest BCUT2D eigenvalue weighted by atomic mass is 9.95. The number of aromatic amines is 1. The van der Waals surface area contributed by atoms with Crippen LogP contribution < -0.4 is 11.1 Å². The van der Waals surface area contributed by atoms with E-state index in [4.69, 9.17) is 5.73 Å². The predicted molar refractivity (Wildman–Crippen MR) is 92.9 cm³/mol. The van der Waals surface area contributed by atoms with Gasteiger partial charge in [-0.2, -0.15) is 5.10 Å². The fraction of sp³-hybridized carbons (Fsp3) is 0.235. The van der Waals surface area contributed by atoms with E-state index in [2.05, 4.69) is 25.4 Å². The number of aromatic nitrogens is 3. The minimum atomic E-state index is -1.09. The van der Waals surface area contributed by atoms with E-state index < -0.39 is 23.1 Å². The Morgan fingerprint density at radius 3 is 2.88 bits per heavy atom. The van der Waals surface area contributed by atoms with Gasteiger partial charge >= 0.3 is 0 Å². The van der Waals surface area contributed by atoms with Gasteiger partial charge in [0.2, 0.25) is 0 Å². The second kappa shape index (κ2) is 6.03. The summed E-state index contributed by atoms with van der Waals surface area (Å²) in [5, 5.41) is 10.4. The summed E-state index contributed by atoms with van der Waals surface area (Å²) in [5.74, 6) is -2.71. The largest absolute Gasteiger partial charge is 0.396 e. The molecule has 4 N–H and O–H groups in total. The molecular weight excluding hydrogens is 342 g/mol. The minimum Gasteiger partial charge on any atom is -0.396 e. The molecule has 9 heteroatoms. The summed E-state index contributed by atoms with van der Waals surface area (Å²) in [4.78, 5) is 18.7. The van der Waals surface area contributed by atoms with E-state index in [1.54, 1.807) is 6.07 Å². The quantitative estimate of drug-likeness (QED) is 0.623. The van der Waals surface area contributed by atoms with E-state index in [0.29, 0.717) is 11.3 Å². The molecule has 26 heavy (non-hydrogen) atoms. The van der Waals surface area contributed by atoms with E-state index in [-0.39, 0.29) is 11.6 Å². The summed E-state index contributed by atoms with van der Waals surface area (Å²) in [6, 6.07) is 3.72. The smallest absolute Gasteiger partial charge is 0.261 e. The standard InChI is InChI=1S/C17H16F2N6O/c1-25-6-8(7-25)15-10-4-9(5-21-16(10)24-23-15)22-17(26)13-11(18)2-3-12(20)14(13)19/h2-5,8H,6-7,20H2,1H3,(H,22,26)(H,21,23,24). The number of carbonyl (C=O) groups is 1. The Hall–Kier alpha value is -3.07. The van der Waals surface area contributed by atoms with Gasteiger partial charge in [0.15, 0.2) is 11.5 Å². The molecule has 0 saturated carbocycles. The van der Waals surface area contributed by atoms with Crippen LogP contribution in [0, 0.1) is 11.6 Å². The number of nitrogens with one attached hydrogen (secondary N) is 2. The molecule has 0 radical (unpaired) electrons. The molecule has 1 saturated heterocycles. The fourth-order valence-electron chi connectivity index (χ4n) is 3.14. The predicted octanol–water partition coefficient (Wildman–Crippen LogP) is 2.10. The second-order valence-corrected chi connectivity index (χ2v) is 6.43. The van der Waals surface area contributed by atoms with Crippen molar-refractivity contribution in [2.75, 3.05) is 31.2 Å². The van der Waals surface area contributed by atoms with Gasteiger partial charge in [0.1, 0.15) is 11.4 Å². The first-order valence-corrected chi connectivity index (χ1v) is 8.01. The third-order valence-electron chi connectivity index (χ3n) is 4.50. The summed E-state index contributed by atoms with van der Waals surface area (Å²) in [6.07, 6.45) is 1.40. The Morgan fingerprint density at radius 2 is 2.15 bits per heavy atom. The molecule has 0 unspecified atom stereocenters. The molecule has 2 aromatic heterocycles. The number of amides is 1. The molecule has 0 spiro atoms. The number of hydrogen-bond donors (Lipinski definition) is 3. The lowest BCUT2D eigenvalue weighted by Gasteiger charge is -2.35. The van der Waals surface area contributed by atoms with Crippen LogP contribution in [0.4, 0.5) is 20.2 Å². The maximum absolute atomic E-state index is 14.0. The van der Waals surface area contributed by atoms with Crippen LogP contribution in [0.25, 0.3) is 11.0 Å². The van der Waals surface area contributed by atoms with Crippen molar-refractivity contribution in [2.45, 2.75) is 5.92 Å². The van der Waals surface area contributed by atoms with Crippen molar-refractivity contribution in [2.24, 2.45) is 0 Å². The number of nitrogens with two attached hydrogens (primary N) is 1. The number of nitrogens with zero attached hydrogens (tertiary/aromatic N) is 3. The van der Waals surface area contributed by atoms with Gasteiger partial charge in [0.05, 0.1) is 23.3 Å². The van der Waals surface area contributed by atoms with Gasteiger partial charge in [-0.25, -0.2) is 13.8 Å². The topological polar surface area (TPSA) is 99.9 Å². The van der Waals surface area contributed by atoms with Crippen LogP contribution in [0.3, 0.4) is 0 Å². The maximum Gasteiger partial charge on any atom is 0.261 e. The average molecular weight is 358 g/mol. The SMILES string of the molecule is CN1CC(c2n[nH]c3ncc(NC(=O)c4c(F)ccc(N)c4F)cc23)C1. The van der Waals surface area contributed by atoms with Gasteiger partial charge in [-0.15, -0.1) is 0 Å². The first-order valence-electron chi connectivity index (χ1n) is 8.01. The zero-order valence-electron chi connectivity index (χ0n) is 13.9. The monoisotopic (exact) mass is 358 g/mol. The molecule has 7 nitrogen and oxygen atoms in total. The Bertz CT molecular complexity index is 1010. The molecule has 4 rings (SSSR count). The first kappa shape index (κ1) is 16.4. The normalized spacial score (nSPS) is 15.2. The van der Waals surface area contributed by atoms with Crippen molar-refractivity contribution in [1.29, 1.82) is 0 Å². The Morgan fingerprint density at radius 1 is 1.38 bits per heavy atom. The summed E-state index contributed by atoms with van der Waals surface area (Å²) in [5.41, 5.74) is 6.17. The highest BCUT2D eigenvalue weighted by atomic mass is 19.1. The van der Waals surface area contributed by atoms with E-state index in [1.165, 1.54) is 6.20 Å². The molecule has 1 amide bonds. The first-order chi connectivity index (χ1) is 12.4. The van der Waals surface area contributed by atoms with Crippen LogP contribution in [0.1, 0.15) is 22.0 Å². The number of hydrogen-bond acceptors (Lipinski definition) is 5. The van der Waals surface area contributed by atoms with Crippen molar-refractivity contribution >= 4 is 28.3 Å². The number of anilines is 2. The molecule has 134 valence electrons. The van der Waals surface area contributed by atoms with E-state index in [1.807, 2.05) is 7.05 Å². The van der Waals surface area contributed by atoms with Crippen LogP contribution in [-0.4, -0.2) is 46.1 Å². The molecule has 1 aliphatic rings. The number of H-pyrrole nitrogens is 1. The van der Waals surface area contributed by atoms with Crippen molar-refractivity contribution in [3.63, 3.8) is 0 Å². The average Bonchev–Trinajstić information content (AvgIpc) is 2.98. The van der Waals surface area contributed by atoms with Crippen LogP contribution in [-0.2, 0) is 0 Å². The van der Waals surface area contributed by atoms with Crippen molar-refractivity contribution < 1.29 is 13.6 Å². The molecular formula is C17H16F2N6O. The van der Waals surface area contributed by atoms with E-state index in [9.17, 15) is 13.6 Å². The Labute approximate surface area is 147 Å². The molecule has 0 bridgehead atoms. The van der Waals surface area contributed by atoms with E-state index in [0.717, 1.165) is 36.3 Å². The summed E-state index contributed by atoms with van der Waals surface area (Å²) in [7, 11) is 2.02. The summed E-state index contributed by atoms with van der Waals surface area (Å²) in [6.45, 7) is 1.77. The summed E-state index contributed by atoms with van der Waals surface area (Å²) < 4.78 is 27.9. The molecule has 1 fully saturated rings. The van der Waals surface area contributed by atoms with Crippen LogP contribution >= 0.6 is 0 Å². The number of benzene rings is 1. The van der Waals surface area contributed by atoms with Gasteiger partial charge in [0.25, 0.3) is 5.91 Å². The number of pyridine rings is 1. The summed E-state index contributed by atoms with van der Waals surface area (Å²) >= 11 is 0. The van der Waals surface area contributed by atoms with Crippen molar-refractivity contribution in [3.8, 4) is 0 Å². The lowest BCUT2D eigenvalue weighted by molar-refractivity contribution is 0.101. The van der Waals surface area contributed by atoms with Crippen LogP contribution in [0.15, 0.2) is 24.4 Å². The van der Waals surface area contributed by atoms with Crippen LogP contribution in [0.5, 0.6) is 0 Å². The van der Waals surface area contributed by atoms with Gasteiger partial charge in [0, 0.05) is 24.4 Å². The molecule has 3 aromatic rings. The number of fused-ring (bicyclic) bond motifs is 1. The minimum absolute atomic E-state index is 0.283. The highest BCUT2D eigenvalue weighted by molar-refractivity contribution is 6.05. The molecule has 1 aromatic carbocycles. The van der Waals surface area contributed by atoms with Gasteiger partial charge in [-0.05, 0) is 25.2 Å². The molecule has 1 aliphatic heterocycles. The number of carbonyl (C=O) groups excluding carboxylic acids is 1. The lowest BCUT2D eigenvalue weighted by Crippen LogP contribution is -2.41. The van der Waals surface area contributed by atoms with Gasteiger partial charge < -0.3 is 16.0 Å². The Kier molecular flexibility index (Phi) is 3.80.